The summed E-state index contributed by atoms with van der Waals surface area (Å²) < 4.78 is 1.03. The molecule has 3 nitrogen and oxygen atoms in total. The molecule has 1 rings (SSSR count). The van der Waals surface area contributed by atoms with Crippen LogP contribution in [0.1, 0.15) is 39.2 Å². The second kappa shape index (κ2) is 6.34. The van der Waals surface area contributed by atoms with Crippen LogP contribution < -0.4 is 11.1 Å². The molecular weight excluding hydrogens is 292 g/mol. The molecule has 0 aliphatic heterocycles. The molecule has 4 heteroatoms. The highest BCUT2D eigenvalue weighted by molar-refractivity contribution is 9.10. The lowest BCUT2D eigenvalue weighted by molar-refractivity contribution is -0.116. The summed E-state index contributed by atoms with van der Waals surface area (Å²) in [6.45, 7) is 5.93. The van der Waals surface area contributed by atoms with Gasteiger partial charge in [-0.05, 0) is 50.5 Å². The average molecular weight is 313 g/mol. The van der Waals surface area contributed by atoms with E-state index < -0.39 is 0 Å². The molecule has 0 spiro atoms. The largest absolute Gasteiger partial charge is 0.326 e. The number of rotatable bonds is 5. The van der Waals surface area contributed by atoms with Crippen LogP contribution in [-0.4, -0.2) is 11.4 Å². The first-order valence-electron chi connectivity index (χ1n) is 6.19. The summed E-state index contributed by atoms with van der Waals surface area (Å²) in [5.41, 5.74) is 7.58. The molecule has 0 fully saturated rings. The van der Waals surface area contributed by atoms with E-state index in [2.05, 4.69) is 28.2 Å². The quantitative estimate of drug-likeness (QED) is 0.874. The molecule has 0 aromatic heterocycles. The third-order valence-corrected chi connectivity index (χ3v) is 3.21. The number of hydrogen-bond donors (Lipinski definition) is 2. The van der Waals surface area contributed by atoms with Crippen LogP contribution >= 0.6 is 15.9 Å². The van der Waals surface area contributed by atoms with Crippen LogP contribution in [0, 0.1) is 0 Å². The van der Waals surface area contributed by atoms with Gasteiger partial charge in [-0.2, -0.15) is 0 Å². The Kier molecular flexibility index (Phi) is 5.35. The molecule has 1 amide bonds. The molecule has 18 heavy (non-hydrogen) atoms. The van der Waals surface area contributed by atoms with Crippen molar-refractivity contribution in [3.8, 4) is 0 Å². The van der Waals surface area contributed by atoms with E-state index in [1.165, 1.54) is 0 Å². The fraction of sp³-hybridized carbons (Fsp3) is 0.500. The topological polar surface area (TPSA) is 55.1 Å². The molecule has 0 unspecified atom stereocenters. The Labute approximate surface area is 117 Å². The number of aryl methyl sites for hydroxylation is 1. The fourth-order valence-corrected chi connectivity index (χ4v) is 2.03. The van der Waals surface area contributed by atoms with Gasteiger partial charge in [0.2, 0.25) is 5.91 Å². The monoisotopic (exact) mass is 312 g/mol. The maximum absolute atomic E-state index is 11.8. The van der Waals surface area contributed by atoms with Crippen molar-refractivity contribution in [3.63, 3.8) is 0 Å². The van der Waals surface area contributed by atoms with E-state index >= 15 is 0 Å². The normalized spacial score (nSPS) is 11.4. The van der Waals surface area contributed by atoms with Crippen LogP contribution in [0.2, 0.25) is 0 Å². The Hall–Kier alpha value is -0.870. The second-order valence-electron chi connectivity index (χ2n) is 5.19. The Morgan fingerprint density at radius 3 is 2.67 bits per heavy atom. The van der Waals surface area contributed by atoms with Gasteiger partial charge in [0, 0.05) is 22.1 Å². The molecule has 1 aromatic carbocycles. The molecule has 0 saturated heterocycles. The molecule has 0 heterocycles. The zero-order valence-electron chi connectivity index (χ0n) is 11.2. The zero-order chi connectivity index (χ0) is 13.8. The Balaban J connectivity index is 2.64. The van der Waals surface area contributed by atoms with Crippen LogP contribution in [0.3, 0.4) is 0 Å². The lowest BCUT2D eigenvalue weighted by atomic mass is 10.00. The van der Waals surface area contributed by atoms with Gasteiger partial charge in [-0.3, -0.25) is 4.79 Å². The highest BCUT2D eigenvalue weighted by atomic mass is 79.9. The van der Waals surface area contributed by atoms with Gasteiger partial charge in [0.25, 0.3) is 0 Å². The van der Waals surface area contributed by atoms with Crippen molar-refractivity contribution in [2.45, 2.75) is 45.6 Å². The minimum atomic E-state index is -0.301. The number of halogens is 1. The first-order valence-corrected chi connectivity index (χ1v) is 6.98. The van der Waals surface area contributed by atoms with Gasteiger partial charge in [0.15, 0.2) is 0 Å². The predicted molar refractivity (Wildman–Crippen MR) is 79.7 cm³/mol. The fourth-order valence-electron chi connectivity index (χ4n) is 1.63. The van der Waals surface area contributed by atoms with Crippen molar-refractivity contribution < 1.29 is 4.79 Å². The van der Waals surface area contributed by atoms with Gasteiger partial charge in [0.05, 0.1) is 0 Å². The number of benzene rings is 1. The van der Waals surface area contributed by atoms with Crippen LogP contribution in [0.15, 0.2) is 22.7 Å². The van der Waals surface area contributed by atoms with Crippen LogP contribution in [-0.2, 0) is 11.2 Å². The first kappa shape index (κ1) is 15.2. The third-order valence-electron chi connectivity index (χ3n) is 2.72. The van der Waals surface area contributed by atoms with Gasteiger partial charge < -0.3 is 11.1 Å². The standard InChI is InChI=1S/C14H21BrN2O/c1-4-10-9-11(15)5-6-12(10)17-13(18)7-8-14(2,3)16/h5-6,9H,4,7-8,16H2,1-3H3,(H,17,18). The van der Waals surface area contributed by atoms with Gasteiger partial charge >= 0.3 is 0 Å². The zero-order valence-corrected chi connectivity index (χ0v) is 12.8. The molecular formula is C14H21BrN2O. The number of nitrogens with one attached hydrogen (secondary N) is 1. The molecule has 0 radical (unpaired) electrons. The van der Waals surface area contributed by atoms with Gasteiger partial charge in [-0.25, -0.2) is 0 Å². The van der Waals surface area contributed by atoms with E-state index in [-0.39, 0.29) is 11.4 Å². The number of anilines is 1. The number of amides is 1. The van der Waals surface area contributed by atoms with Crippen molar-refractivity contribution in [1.82, 2.24) is 0 Å². The van der Waals surface area contributed by atoms with E-state index in [1.54, 1.807) is 0 Å². The van der Waals surface area contributed by atoms with Crippen molar-refractivity contribution in [3.05, 3.63) is 28.2 Å². The summed E-state index contributed by atoms with van der Waals surface area (Å²) in [6, 6.07) is 5.89. The minimum absolute atomic E-state index is 0.0190. The van der Waals surface area contributed by atoms with E-state index in [9.17, 15) is 4.79 Å². The van der Waals surface area contributed by atoms with Gasteiger partial charge in [-0.1, -0.05) is 22.9 Å². The maximum Gasteiger partial charge on any atom is 0.224 e. The summed E-state index contributed by atoms with van der Waals surface area (Å²) in [5.74, 6) is 0.0190. The average Bonchev–Trinajstić information content (AvgIpc) is 2.28. The Morgan fingerprint density at radius 2 is 2.11 bits per heavy atom. The Bertz CT molecular complexity index is 424. The van der Waals surface area contributed by atoms with Gasteiger partial charge in [-0.15, -0.1) is 0 Å². The number of hydrogen-bond acceptors (Lipinski definition) is 2. The molecule has 0 aliphatic carbocycles. The van der Waals surface area contributed by atoms with Crippen molar-refractivity contribution in [2.24, 2.45) is 5.73 Å². The highest BCUT2D eigenvalue weighted by Crippen LogP contribution is 2.22. The summed E-state index contributed by atoms with van der Waals surface area (Å²) in [4.78, 5) is 11.8. The smallest absolute Gasteiger partial charge is 0.224 e. The van der Waals surface area contributed by atoms with Gasteiger partial charge in [0.1, 0.15) is 0 Å². The molecule has 3 N–H and O–H groups in total. The summed E-state index contributed by atoms with van der Waals surface area (Å²) in [7, 11) is 0. The highest BCUT2D eigenvalue weighted by Gasteiger charge is 2.14. The van der Waals surface area contributed by atoms with Crippen molar-refractivity contribution in [1.29, 1.82) is 0 Å². The molecule has 0 atom stereocenters. The number of nitrogens with two attached hydrogens (primary N) is 1. The SMILES string of the molecule is CCc1cc(Br)ccc1NC(=O)CCC(C)(C)N. The van der Waals surface area contributed by atoms with Crippen LogP contribution in [0.5, 0.6) is 0 Å². The number of carbonyl (C=O) groups excluding carboxylic acids is 1. The molecule has 100 valence electrons. The van der Waals surface area contributed by atoms with E-state index in [4.69, 9.17) is 5.73 Å². The molecule has 0 bridgehead atoms. The maximum atomic E-state index is 11.8. The molecule has 0 aliphatic rings. The van der Waals surface area contributed by atoms with E-state index in [0.29, 0.717) is 12.8 Å². The second-order valence-corrected chi connectivity index (χ2v) is 6.11. The molecule has 1 aromatic rings. The lowest BCUT2D eigenvalue weighted by Crippen LogP contribution is -2.33. The van der Waals surface area contributed by atoms with Crippen LogP contribution in [0.4, 0.5) is 5.69 Å². The Morgan fingerprint density at radius 1 is 1.44 bits per heavy atom. The predicted octanol–water partition coefficient (Wildman–Crippen LogP) is 3.47. The summed E-state index contributed by atoms with van der Waals surface area (Å²) >= 11 is 3.43. The first-order chi connectivity index (χ1) is 8.31. The molecule has 0 saturated carbocycles. The van der Waals surface area contributed by atoms with Crippen LogP contribution in [0.25, 0.3) is 0 Å². The van der Waals surface area contributed by atoms with E-state index in [1.807, 2.05) is 32.0 Å². The number of carbonyl (C=O) groups is 1. The van der Waals surface area contributed by atoms with Crippen molar-refractivity contribution in [2.75, 3.05) is 5.32 Å². The summed E-state index contributed by atoms with van der Waals surface area (Å²) in [5, 5.41) is 2.95. The third kappa shape index (κ3) is 5.19. The van der Waals surface area contributed by atoms with Crippen molar-refractivity contribution >= 4 is 27.5 Å². The lowest BCUT2D eigenvalue weighted by Gasteiger charge is -2.18. The minimum Gasteiger partial charge on any atom is -0.326 e. The summed E-state index contributed by atoms with van der Waals surface area (Å²) in [6.07, 6.45) is 2.01. The van der Waals surface area contributed by atoms with E-state index in [0.717, 1.165) is 22.1 Å².